The first kappa shape index (κ1) is 11.9. The van der Waals surface area contributed by atoms with Gasteiger partial charge in [-0.3, -0.25) is 0 Å². The lowest BCUT2D eigenvalue weighted by atomic mass is 9.67. The average Bonchev–Trinajstić information content (AvgIpc) is 2.32. The van der Waals surface area contributed by atoms with Gasteiger partial charge in [-0.2, -0.15) is 0 Å². The van der Waals surface area contributed by atoms with Crippen molar-refractivity contribution in [3.63, 3.8) is 0 Å². The highest BCUT2D eigenvalue weighted by atomic mass is 35.5. The van der Waals surface area contributed by atoms with Gasteiger partial charge in [-0.25, -0.2) is 0 Å². The van der Waals surface area contributed by atoms with E-state index in [-0.39, 0.29) is 5.41 Å². The Balaban J connectivity index is 2.32. The van der Waals surface area contributed by atoms with Gasteiger partial charge in [0.1, 0.15) is 0 Å². The van der Waals surface area contributed by atoms with E-state index in [0.29, 0.717) is 6.54 Å². The Labute approximate surface area is 103 Å². The second-order valence-corrected chi connectivity index (χ2v) is 5.55. The summed E-state index contributed by atoms with van der Waals surface area (Å²) in [4.78, 5) is 0. The normalized spacial score (nSPS) is 30.3. The van der Waals surface area contributed by atoms with Crippen molar-refractivity contribution in [3.8, 4) is 0 Å². The van der Waals surface area contributed by atoms with Crippen molar-refractivity contribution in [2.24, 2.45) is 11.7 Å². The zero-order chi connectivity index (χ0) is 11.6. The highest BCUT2D eigenvalue weighted by molar-refractivity contribution is 6.31. The summed E-state index contributed by atoms with van der Waals surface area (Å²) in [5, 5.41) is 0.877. The molecule has 0 amide bonds. The molecule has 0 spiro atoms. The van der Waals surface area contributed by atoms with E-state index in [1.807, 2.05) is 12.1 Å². The van der Waals surface area contributed by atoms with Gasteiger partial charge in [0.15, 0.2) is 0 Å². The van der Waals surface area contributed by atoms with Gasteiger partial charge in [0.25, 0.3) is 0 Å². The molecule has 0 unspecified atom stereocenters. The Bertz CT molecular complexity index is 354. The van der Waals surface area contributed by atoms with Crippen molar-refractivity contribution in [2.75, 3.05) is 6.54 Å². The number of halogens is 1. The topological polar surface area (TPSA) is 26.0 Å². The van der Waals surface area contributed by atoms with Crippen molar-refractivity contribution in [2.45, 2.75) is 38.0 Å². The summed E-state index contributed by atoms with van der Waals surface area (Å²) in [6.07, 6.45) is 4.88. The third kappa shape index (κ3) is 2.11. The maximum absolute atomic E-state index is 6.31. The van der Waals surface area contributed by atoms with Gasteiger partial charge >= 0.3 is 0 Å². The molecule has 1 fully saturated rings. The minimum Gasteiger partial charge on any atom is -0.330 e. The third-order valence-corrected chi connectivity index (χ3v) is 4.40. The summed E-state index contributed by atoms with van der Waals surface area (Å²) in [5.41, 5.74) is 7.41. The molecule has 0 heterocycles. The van der Waals surface area contributed by atoms with Gasteiger partial charge < -0.3 is 5.73 Å². The molecule has 0 radical (unpaired) electrons. The first-order valence-electron chi connectivity index (χ1n) is 6.13. The van der Waals surface area contributed by atoms with Crippen LogP contribution in [0.2, 0.25) is 5.02 Å². The summed E-state index contributed by atoms with van der Waals surface area (Å²) in [7, 11) is 0. The maximum atomic E-state index is 6.31. The zero-order valence-corrected chi connectivity index (χ0v) is 10.6. The van der Waals surface area contributed by atoms with Crippen LogP contribution in [0.1, 0.15) is 38.2 Å². The molecule has 16 heavy (non-hydrogen) atoms. The van der Waals surface area contributed by atoms with Crippen LogP contribution in [0.4, 0.5) is 0 Å². The predicted octanol–water partition coefficient (Wildman–Crippen LogP) is 3.75. The minimum absolute atomic E-state index is 0.130. The molecule has 0 bridgehead atoms. The Kier molecular flexibility index (Phi) is 3.56. The molecule has 1 aliphatic rings. The average molecular weight is 238 g/mol. The Morgan fingerprint density at radius 3 is 2.50 bits per heavy atom. The van der Waals surface area contributed by atoms with Crippen LogP contribution in [0.25, 0.3) is 0 Å². The van der Waals surface area contributed by atoms with Crippen LogP contribution in [0, 0.1) is 5.92 Å². The molecule has 0 aromatic heterocycles. The Hall–Kier alpha value is -0.530. The lowest BCUT2D eigenvalue weighted by molar-refractivity contribution is 0.248. The van der Waals surface area contributed by atoms with E-state index >= 15 is 0 Å². The van der Waals surface area contributed by atoms with Gasteiger partial charge in [0.05, 0.1) is 0 Å². The largest absolute Gasteiger partial charge is 0.330 e. The molecular formula is C14H20ClN. The maximum Gasteiger partial charge on any atom is 0.0444 e. The minimum atomic E-state index is 0.130. The molecule has 0 atom stereocenters. The van der Waals surface area contributed by atoms with Crippen molar-refractivity contribution in [3.05, 3.63) is 34.9 Å². The molecule has 1 nitrogen and oxygen atoms in total. The van der Waals surface area contributed by atoms with Gasteiger partial charge in [0, 0.05) is 17.0 Å². The van der Waals surface area contributed by atoms with E-state index in [0.717, 1.165) is 10.9 Å². The quantitative estimate of drug-likeness (QED) is 0.833. The Morgan fingerprint density at radius 1 is 1.31 bits per heavy atom. The lowest BCUT2D eigenvalue weighted by Crippen LogP contribution is -2.38. The van der Waals surface area contributed by atoms with E-state index in [9.17, 15) is 0 Å². The Morgan fingerprint density at radius 2 is 1.94 bits per heavy atom. The SMILES string of the molecule is CC1CCC(CN)(c2ccccc2Cl)CC1. The number of hydrogen-bond donors (Lipinski definition) is 1. The molecule has 88 valence electrons. The number of hydrogen-bond acceptors (Lipinski definition) is 1. The molecule has 1 aromatic rings. The summed E-state index contributed by atoms with van der Waals surface area (Å²) in [5.74, 6) is 0.835. The fraction of sp³-hybridized carbons (Fsp3) is 0.571. The fourth-order valence-electron chi connectivity index (χ4n) is 2.79. The summed E-state index contributed by atoms with van der Waals surface area (Å²) in [6.45, 7) is 3.04. The first-order chi connectivity index (χ1) is 7.68. The van der Waals surface area contributed by atoms with E-state index in [1.54, 1.807) is 0 Å². The molecule has 2 N–H and O–H groups in total. The molecule has 0 saturated heterocycles. The second kappa shape index (κ2) is 4.77. The second-order valence-electron chi connectivity index (χ2n) is 5.15. The standard InChI is InChI=1S/C14H20ClN/c1-11-6-8-14(10-16,9-7-11)12-4-2-3-5-13(12)15/h2-5,11H,6-10,16H2,1H3. The highest BCUT2D eigenvalue weighted by Crippen LogP contribution is 2.43. The number of rotatable bonds is 2. The molecule has 1 aliphatic carbocycles. The van der Waals surface area contributed by atoms with E-state index in [2.05, 4.69) is 19.1 Å². The van der Waals surface area contributed by atoms with E-state index < -0.39 is 0 Å². The third-order valence-electron chi connectivity index (χ3n) is 4.07. The van der Waals surface area contributed by atoms with Crippen LogP contribution in [-0.2, 0) is 5.41 Å². The van der Waals surface area contributed by atoms with Gasteiger partial charge in [-0.05, 0) is 43.2 Å². The van der Waals surface area contributed by atoms with Gasteiger partial charge in [-0.1, -0.05) is 36.7 Å². The van der Waals surface area contributed by atoms with Crippen molar-refractivity contribution >= 4 is 11.6 Å². The van der Waals surface area contributed by atoms with Crippen molar-refractivity contribution in [1.29, 1.82) is 0 Å². The fourth-order valence-corrected chi connectivity index (χ4v) is 3.13. The van der Waals surface area contributed by atoms with Crippen LogP contribution in [0.15, 0.2) is 24.3 Å². The monoisotopic (exact) mass is 237 g/mol. The van der Waals surface area contributed by atoms with E-state index in [1.165, 1.54) is 31.2 Å². The molecule has 1 saturated carbocycles. The van der Waals surface area contributed by atoms with E-state index in [4.69, 9.17) is 17.3 Å². The van der Waals surface area contributed by atoms with Crippen molar-refractivity contribution in [1.82, 2.24) is 0 Å². The van der Waals surface area contributed by atoms with Crippen LogP contribution < -0.4 is 5.73 Å². The smallest absolute Gasteiger partial charge is 0.0444 e. The zero-order valence-electron chi connectivity index (χ0n) is 9.88. The van der Waals surface area contributed by atoms with Crippen molar-refractivity contribution < 1.29 is 0 Å². The summed E-state index contributed by atoms with van der Waals surface area (Å²) >= 11 is 6.31. The summed E-state index contributed by atoms with van der Waals surface area (Å²) in [6, 6.07) is 8.18. The number of benzene rings is 1. The van der Waals surface area contributed by atoms with Gasteiger partial charge in [0.2, 0.25) is 0 Å². The predicted molar refractivity (Wildman–Crippen MR) is 69.8 cm³/mol. The lowest BCUT2D eigenvalue weighted by Gasteiger charge is -2.39. The summed E-state index contributed by atoms with van der Waals surface area (Å²) < 4.78 is 0. The van der Waals surface area contributed by atoms with Crippen LogP contribution in [-0.4, -0.2) is 6.54 Å². The van der Waals surface area contributed by atoms with Crippen LogP contribution in [0.3, 0.4) is 0 Å². The van der Waals surface area contributed by atoms with Gasteiger partial charge in [-0.15, -0.1) is 0 Å². The number of nitrogens with two attached hydrogens (primary N) is 1. The molecule has 0 aliphatic heterocycles. The highest BCUT2D eigenvalue weighted by Gasteiger charge is 2.35. The molecule has 2 rings (SSSR count). The molecule has 2 heteroatoms. The van der Waals surface area contributed by atoms with Crippen LogP contribution in [0.5, 0.6) is 0 Å². The molecular weight excluding hydrogens is 218 g/mol. The molecule has 1 aromatic carbocycles. The van der Waals surface area contributed by atoms with Crippen LogP contribution >= 0.6 is 11.6 Å². The first-order valence-corrected chi connectivity index (χ1v) is 6.51.